The highest BCUT2D eigenvalue weighted by molar-refractivity contribution is 7.09. The van der Waals surface area contributed by atoms with Gasteiger partial charge in [-0.3, -0.25) is 9.59 Å². The lowest BCUT2D eigenvalue weighted by Gasteiger charge is -2.38. The predicted molar refractivity (Wildman–Crippen MR) is 97.5 cm³/mol. The van der Waals surface area contributed by atoms with Gasteiger partial charge in [0.2, 0.25) is 11.7 Å². The van der Waals surface area contributed by atoms with Crippen molar-refractivity contribution in [2.24, 2.45) is 5.41 Å². The lowest BCUT2D eigenvalue weighted by atomic mass is 9.77. The number of carbonyl (C=O) groups is 2. The lowest BCUT2D eigenvalue weighted by molar-refractivity contribution is -0.128. The number of hydrogen-bond donors (Lipinski definition) is 0. The summed E-state index contributed by atoms with van der Waals surface area (Å²) in [5.74, 6) is 0.479. The van der Waals surface area contributed by atoms with Crippen molar-refractivity contribution >= 4 is 23.2 Å². The van der Waals surface area contributed by atoms with Crippen molar-refractivity contribution in [2.45, 2.75) is 32.7 Å². The van der Waals surface area contributed by atoms with Crippen molar-refractivity contribution in [3.05, 3.63) is 27.9 Å². The van der Waals surface area contributed by atoms with Gasteiger partial charge in [-0.2, -0.15) is 0 Å². The van der Waals surface area contributed by atoms with E-state index in [2.05, 4.69) is 10.1 Å². The molecule has 0 radical (unpaired) electrons. The summed E-state index contributed by atoms with van der Waals surface area (Å²) < 4.78 is 10.0. The minimum absolute atomic E-state index is 0.0436. The average Bonchev–Trinajstić information content (AvgIpc) is 3.36. The third kappa shape index (κ3) is 3.55. The molecule has 2 aromatic heterocycles. The topological polar surface area (TPSA) is 88.8 Å². The minimum Gasteiger partial charge on any atom is -0.479 e. The molecule has 0 unspecified atom stereocenters. The largest absolute Gasteiger partial charge is 0.479 e. The number of thiazole rings is 1. The van der Waals surface area contributed by atoms with E-state index in [1.807, 2.05) is 17.2 Å². The monoisotopic (exact) mass is 390 g/mol. The summed E-state index contributed by atoms with van der Waals surface area (Å²) >= 11 is 1.60. The van der Waals surface area contributed by atoms with Crippen LogP contribution in [0, 0.1) is 12.3 Å². The molecule has 0 aromatic carbocycles. The van der Waals surface area contributed by atoms with E-state index in [4.69, 9.17) is 9.26 Å². The molecule has 2 aliphatic rings. The number of aromatic nitrogens is 2. The number of hydrogen-bond acceptors (Lipinski definition) is 7. The Labute approximate surface area is 161 Å². The molecule has 2 aromatic rings. The quantitative estimate of drug-likeness (QED) is 0.794. The van der Waals surface area contributed by atoms with Crippen LogP contribution in [-0.4, -0.2) is 58.5 Å². The van der Waals surface area contributed by atoms with Crippen LogP contribution in [0.1, 0.15) is 40.5 Å². The Balaban J connectivity index is 1.36. The van der Waals surface area contributed by atoms with Crippen molar-refractivity contribution in [1.29, 1.82) is 0 Å². The Morgan fingerprint density at radius 3 is 2.81 bits per heavy atom. The number of rotatable bonds is 4. The van der Waals surface area contributed by atoms with Crippen LogP contribution in [0.5, 0.6) is 5.88 Å². The summed E-state index contributed by atoms with van der Waals surface area (Å²) in [6.45, 7) is 4.50. The van der Waals surface area contributed by atoms with Gasteiger partial charge in [0.25, 0.3) is 11.8 Å². The van der Waals surface area contributed by atoms with Crippen LogP contribution in [0.3, 0.4) is 0 Å². The highest BCUT2D eigenvalue weighted by Crippen LogP contribution is 2.41. The number of nitrogens with zero attached hydrogens (tertiary/aromatic N) is 4. The van der Waals surface area contributed by atoms with E-state index in [1.165, 1.54) is 13.2 Å². The fourth-order valence-electron chi connectivity index (χ4n) is 3.93. The zero-order valence-corrected chi connectivity index (χ0v) is 16.3. The van der Waals surface area contributed by atoms with Gasteiger partial charge in [0.15, 0.2) is 0 Å². The van der Waals surface area contributed by atoms with Crippen LogP contribution < -0.4 is 4.74 Å². The third-order valence-corrected chi connectivity index (χ3v) is 6.27. The molecule has 4 rings (SSSR count). The number of aryl methyl sites for hydroxylation is 1. The van der Waals surface area contributed by atoms with Gasteiger partial charge >= 0.3 is 0 Å². The van der Waals surface area contributed by atoms with Crippen LogP contribution in [-0.2, 0) is 11.3 Å². The number of methoxy groups -OCH3 is 1. The first-order chi connectivity index (χ1) is 13.0. The number of piperidine rings is 1. The molecular weight excluding hydrogens is 368 g/mol. The van der Waals surface area contributed by atoms with E-state index in [-0.39, 0.29) is 23.0 Å². The summed E-state index contributed by atoms with van der Waals surface area (Å²) in [6, 6.07) is 1.50. The van der Waals surface area contributed by atoms with Gasteiger partial charge in [0, 0.05) is 36.9 Å². The molecule has 0 N–H and O–H groups in total. The summed E-state index contributed by atoms with van der Waals surface area (Å²) in [5, 5.41) is 6.71. The normalized spacial score (nSPS) is 19.1. The van der Waals surface area contributed by atoms with Gasteiger partial charge < -0.3 is 19.1 Å². The van der Waals surface area contributed by atoms with Gasteiger partial charge in [-0.15, -0.1) is 11.3 Å². The molecule has 2 amide bonds. The van der Waals surface area contributed by atoms with Crippen molar-refractivity contribution in [3.63, 3.8) is 0 Å². The molecule has 2 fully saturated rings. The standard InChI is InChI=1S/C18H22N4O4S/c1-12-19-13(10-27-12)9-22-11-18(8-16(22)23)3-5-21(6-4-18)17(24)14-7-15(25-2)20-26-14/h7,10H,3-6,8-9,11H2,1-2H3. The van der Waals surface area contributed by atoms with Crippen LogP contribution >= 0.6 is 11.3 Å². The molecule has 9 heteroatoms. The molecule has 1 spiro atoms. The zero-order chi connectivity index (χ0) is 19.0. The molecular formula is C18H22N4O4S. The maximum absolute atomic E-state index is 12.6. The molecule has 4 heterocycles. The van der Waals surface area contributed by atoms with Crippen LogP contribution in [0.2, 0.25) is 0 Å². The van der Waals surface area contributed by atoms with E-state index in [0.717, 1.165) is 30.1 Å². The van der Waals surface area contributed by atoms with Crippen molar-refractivity contribution in [2.75, 3.05) is 26.7 Å². The van der Waals surface area contributed by atoms with Gasteiger partial charge in [-0.25, -0.2) is 4.98 Å². The van der Waals surface area contributed by atoms with E-state index >= 15 is 0 Å². The number of amides is 2. The van der Waals surface area contributed by atoms with Crippen LogP contribution in [0.4, 0.5) is 0 Å². The second-order valence-corrected chi connectivity index (χ2v) is 8.37. The minimum atomic E-state index is -0.181. The molecule has 0 saturated carbocycles. The summed E-state index contributed by atoms with van der Waals surface area (Å²) in [7, 11) is 1.48. The van der Waals surface area contributed by atoms with Gasteiger partial charge in [0.05, 0.1) is 30.4 Å². The molecule has 144 valence electrons. The van der Waals surface area contributed by atoms with E-state index < -0.39 is 0 Å². The Morgan fingerprint density at radius 1 is 1.41 bits per heavy atom. The number of likely N-dealkylation sites (tertiary alicyclic amines) is 2. The molecule has 0 atom stereocenters. The maximum Gasteiger partial charge on any atom is 0.292 e. The molecule has 8 nitrogen and oxygen atoms in total. The molecule has 0 bridgehead atoms. The van der Waals surface area contributed by atoms with Crippen molar-refractivity contribution in [3.8, 4) is 5.88 Å². The molecule has 27 heavy (non-hydrogen) atoms. The van der Waals surface area contributed by atoms with Gasteiger partial charge in [0.1, 0.15) is 0 Å². The fraction of sp³-hybridized carbons (Fsp3) is 0.556. The fourth-order valence-corrected chi connectivity index (χ4v) is 4.54. The predicted octanol–water partition coefficient (Wildman–Crippen LogP) is 2.10. The summed E-state index contributed by atoms with van der Waals surface area (Å²) in [6.07, 6.45) is 2.17. The number of carbonyl (C=O) groups excluding carboxylic acids is 2. The zero-order valence-electron chi connectivity index (χ0n) is 15.4. The molecule has 0 aliphatic carbocycles. The first-order valence-electron chi connectivity index (χ1n) is 8.97. The Kier molecular flexibility index (Phi) is 4.63. The maximum atomic E-state index is 12.6. The SMILES string of the molecule is COc1cc(C(=O)N2CCC3(CC2)CC(=O)N(Cc2csc(C)n2)C3)on1. The smallest absolute Gasteiger partial charge is 0.292 e. The Hall–Kier alpha value is -2.42. The molecule has 2 saturated heterocycles. The Morgan fingerprint density at radius 2 is 2.19 bits per heavy atom. The van der Waals surface area contributed by atoms with E-state index in [9.17, 15) is 9.59 Å². The highest BCUT2D eigenvalue weighted by atomic mass is 32.1. The second-order valence-electron chi connectivity index (χ2n) is 7.31. The van der Waals surface area contributed by atoms with Gasteiger partial charge in [-0.1, -0.05) is 0 Å². The average molecular weight is 390 g/mol. The number of ether oxygens (including phenoxy) is 1. The highest BCUT2D eigenvalue weighted by Gasteiger charge is 2.45. The Bertz CT molecular complexity index is 853. The van der Waals surface area contributed by atoms with Crippen molar-refractivity contribution < 1.29 is 18.8 Å². The lowest BCUT2D eigenvalue weighted by Crippen LogP contribution is -2.44. The van der Waals surface area contributed by atoms with E-state index in [1.54, 1.807) is 16.2 Å². The van der Waals surface area contributed by atoms with Crippen LogP contribution in [0.15, 0.2) is 16.0 Å². The van der Waals surface area contributed by atoms with Gasteiger partial charge in [-0.05, 0) is 24.9 Å². The van der Waals surface area contributed by atoms with Crippen molar-refractivity contribution in [1.82, 2.24) is 19.9 Å². The molecule has 2 aliphatic heterocycles. The van der Waals surface area contributed by atoms with Crippen LogP contribution in [0.25, 0.3) is 0 Å². The first-order valence-corrected chi connectivity index (χ1v) is 9.85. The summed E-state index contributed by atoms with van der Waals surface area (Å²) in [5.41, 5.74) is 0.910. The summed E-state index contributed by atoms with van der Waals surface area (Å²) in [4.78, 5) is 33.2. The third-order valence-electron chi connectivity index (χ3n) is 5.44. The first kappa shape index (κ1) is 18.0. The van der Waals surface area contributed by atoms with E-state index in [0.29, 0.717) is 31.9 Å². The second kappa shape index (κ2) is 6.95.